The van der Waals surface area contributed by atoms with Crippen molar-refractivity contribution in [1.82, 2.24) is 5.32 Å². The van der Waals surface area contributed by atoms with Crippen molar-refractivity contribution in [3.05, 3.63) is 126 Å². The van der Waals surface area contributed by atoms with E-state index in [0.717, 1.165) is 22.6 Å². The van der Waals surface area contributed by atoms with Crippen LogP contribution in [-0.2, 0) is 22.6 Å². The molecule has 0 saturated heterocycles. The minimum Gasteiger partial charge on any atom is -0.457 e. The van der Waals surface area contributed by atoms with Crippen molar-refractivity contribution in [3.63, 3.8) is 0 Å². The molecule has 0 bridgehead atoms. The maximum absolute atomic E-state index is 13.3. The second-order valence-electron chi connectivity index (χ2n) is 9.17. The molecule has 6 nitrogen and oxygen atoms in total. The fraction of sp³-hybridized carbons (Fsp3) is 0.188. The molecule has 4 aromatic rings. The van der Waals surface area contributed by atoms with Gasteiger partial charge < -0.3 is 19.7 Å². The lowest BCUT2D eigenvalue weighted by Crippen LogP contribution is -2.44. The predicted molar refractivity (Wildman–Crippen MR) is 150 cm³/mol. The Morgan fingerprint density at radius 2 is 1.34 bits per heavy atom. The minimum atomic E-state index is -0.792. The molecule has 0 aliphatic rings. The monoisotopic (exact) mass is 508 g/mol. The number of rotatable bonds is 12. The van der Waals surface area contributed by atoms with Crippen LogP contribution in [-0.4, -0.2) is 38.4 Å². The van der Waals surface area contributed by atoms with Crippen LogP contribution in [0.5, 0.6) is 11.5 Å². The fourth-order valence-corrected chi connectivity index (χ4v) is 3.86. The van der Waals surface area contributed by atoms with E-state index in [4.69, 9.17) is 9.47 Å². The molecule has 1 atom stereocenters. The maximum Gasteiger partial charge on any atom is 0.251 e. The molecule has 4 rings (SSSR count). The first-order valence-corrected chi connectivity index (χ1v) is 12.5. The Labute approximate surface area is 223 Å². The van der Waals surface area contributed by atoms with Gasteiger partial charge in [0.15, 0.2) is 5.78 Å². The zero-order valence-corrected chi connectivity index (χ0v) is 21.7. The third-order valence-corrected chi connectivity index (χ3v) is 6.02. The summed E-state index contributed by atoms with van der Waals surface area (Å²) in [7, 11) is 3.88. The first-order valence-electron chi connectivity index (χ1n) is 12.5. The predicted octanol–water partition coefficient (Wildman–Crippen LogP) is 5.67. The van der Waals surface area contributed by atoms with Gasteiger partial charge in [0.1, 0.15) is 17.5 Å². The number of Topliss-reactive ketones (excluding diaryl/α,β-unsaturated/α-hetero) is 1. The number of nitrogens with zero attached hydrogens (tertiary/aromatic N) is 1. The van der Waals surface area contributed by atoms with Crippen LogP contribution in [0.15, 0.2) is 109 Å². The molecule has 0 aromatic heterocycles. The molecular formula is C32H32N2O4. The number of ketones is 1. The lowest BCUT2D eigenvalue weighted by molar-refractivity contribution is -0.121. The molecule has 0 aliphatic carbocycles. The van der Waals surface area contributed by atoms with Crippen LogP contribution in [0.3, 0.4) is 0 Å². The number of amides is 1. The largest absolute Gasteiger partial charge is 0.457 e. The number of ether oxygens (including phenoxy) is 2. The van der Waals surface area contributed by atoms with Crippen molar-refractivity contribution in [2.45, 2.75) is 19.1 Å². The molecule has 0 fully saturated rings. The molecule has 1 unspecified atom stereocenters. The molecule has 0 heterocycles. The topological polar surface area (TPSA) is 67.9 Å². The molecule has 0 aliphatic heterocycles. The molecule has 194 valence electrons. The van der Waals surface area contributed by atoms with Gasteiger partial charge >= 0.3 is 0 Å². The standard InChI is InChI=1S/C32H32N2O4/c1-34(2)27-17-15-26(16-18-27)32(36)33-30(23-37-22-25-9-5-3-6-10-25)31(35)21-24-13-19-29(20-14-24)38-28-11-7-4-8-12-28/h3-20,30H,21-23H2,1-2H3,(H,33,36). The summed E-state index contributed by atoms with van der Waals surface area (Å²) in [5.74, 6) is 0.981. The van der Waals surface area contributed by atoms with E-state index in [0.29, 0.717) is 17.9 Å². The third kappa shape index (κ3) is 7.79. The second-order valence-corrected chi connectivity index (χ2v) is 9.17. The molecule has 1 amide bonds. The van der Waals surface area contributed by atoms with Gasteiger partial charge in [0.2, 0.25) is 0 Å². The van der Waals surface area contributed by atoms with Gasteiger partial charge in [0, 0.05) is 31.8 Å². The van der Waals surface area contributed by atoms with Gasteiger partial charge in [-0.05, 0) is 59.7 Å². The van der Waals surface area contributed by atoms with E-state index in [1.165, 1.54) is 0 Å². The lowest BCUT2D eigenvalue weighted by atomic mass is 10.0. The molecule has 0 saturated carbocycles. The molecule has 4 aromatic carbocycles. The lowest BCUT2D eigenvalue weighted by Gasteiger charge is -2.19. The van der Waals surface area contributed by atoms with Crippen molar-refractivity contribution >= 4 is 17.4 Å². The van der Waals surface area contributed by atoms with Crippen LogP contribution < -0.4 is 15.0 Å². The van der Waals surface area contributed by atoms with Crippen LogP contribution in [0.1, 0.15) is 21.5 Å². The van der Waals surface area contributed by atoms with Crippen molar-refractivity contribution in [2.75, 3.05) is 25.6 Å². The molecule has 0 spiro atoms. The highest BCUT2D eigenvalue weighted by Gasteiger charge is 2.22. The Hall–Kier alpha value is -4.42. The van der Waals surface area contributed by atoms with E-state index >= 15 is 0 Å². The fourth-order valence-electron chi connectivity index (χ4n) is 3.86. The first kappa shape index (κ1) is 26.6. The third-order valence-electron chi connectivity index (χ3n) is 6.02. The Balaban J connectivity index is 1.41. The van der Waals surface area contributed by atoms with Crippen LogP contribution in [0.25, 0.3) is 0 Å². The number of hydrogen-bond donors (Lipinski definition) is 1. The summed E-state index contributed by atoms with van der Waals surface area (Å²) in [5.41, 5.74) is 3.30. The van der Waals surface area contributed by atoms with Gasteiger partial charge in [0.25, 0.3) is 5.91 Å². The Morgan fingerprint density at radius 1 is 0.737 bits per heavy atom. The summed E-state index contributed by atoms with van der Waals surface area (Å²) in [6, 6.07) is 33.1. The minimum absolute atomic E-state index is 0.0739. The summed E-state index contributed by atoms with van der Waals surface area (Å²) < 4.78 is 11.7. The summed E-state index contributed by atoms with van der Waals surface area (Å²) in [6.45, 7) is 0.425. The van der Waals surface area contributed by atoms with E-state index in [2.05, 4.69) is 5.32 Å². The second kappa shape index (κ2) is 13.2. The van der Waals surface area contributed by atoms with Gasteiger partial charge in [0.05, 0.1) is 13.2 Å². The number of nitrogens with one attached hydrogen (secondary N) is 1. The number of benzene rings is 4. The van der Waals surface area contributed by atoms with Crippen molar-refractivity contribution in [3.8, 4) is 11.5 Å². The quantitative estimate of drug-likeness (QED) is 0.267. The van der Waals surface area contributed by atoms with Gasteiger partial charge in [-0.3, -0.25) is 9.59 Å². The van der Waals surface area contributed by atoms with Crippen LogP contribution in [0.2, 0.25) is 0 Å². The van der Waals surface area contributed by atoms with Crippen LogP contribution >= 0.6 is 0 Å². The SMILES string of the molecule is CN(C)c1ccc(C(=O)NC(COCc2ccccc2)C(=O)Cc2ccc(Oc3ccccc3)cc2)cc1. The van der Waals surface area contributed by atoms with E-state index in [9.17, 15) is 9.59 Å². The Bertz CT molecular complexity index is 1310. The van der Waals surface area contributed by atoms with Crippen LogP contribution in [0, 0.1) is 0 Å². The average molecular weight is 509 g/mol. The van der Waals surface area contributed by atoms with Crippen molar-refractivity contribution in [2.24, 2.45) is 0 Å². The molecule has 1 N–H and O–H groups in total. The average Bonchev–Trinajstić information content (AvgIpc) is 2.94. The molecular weight excluding hydrogens is 476 g/mol. The van der Waals surface area contributed by atoms with Crippen molar-refractivity contribution in [1.29, 1.82) is 0 Å². The number of para-hydroxylation sites is 1. The number of carbonyl (C=O) groups is 2. The summed E-state index contributed by atoms with van der Waals surface area (Å²) in [5, 5.41) is 2.88. The van der Waals surface area contributed by atoms with Crippen LogP contribution in [0.4, 0.5) is 5.69 Å². The van der Waals surface area contributed by atoms with E-state index in [1.807, 2.05) is 116 Å². The van der Waals surface area contributed by atoms with Crippen molar-refractivity contribution < 1.29 is 19.1 Å². The van der Waals surface area contributed by atoms with E-state index in [-0.39, 0.29) is 24.7 Å². The zero-order valence-electron chi connectivity index (χ0n) is 21.7. The molecule has 6 heteroatoms. The van der Waals surface area contributed by atoms with E-state index in [1.54, 1.807) is 12.1 Å². The zero-order chi connectivity index (χ0) is 26.7. The molecule has 0 radical (unpaired) electrons. The number of carbonyl (C=O) groups excluding carboxylic acids is 2. The summed E-state index contributed by atoms with van der Waals surface area (Å²) in [6.07, 6.45) is 0.158. The highest BCUT2D eigenvalue weighted by molar-refractivity contribution is 5.98. The van der Waals surface area contributed by atoms with E-state index < -0.39 is 6.04 Å². The van der Waals surface area contributed by atoms with Gasteiger partial charge in [-0.2, -0.15) is 0 Å². The first-order chi connectivity index (χ1) is 18.5. The number of anilines is 1. The Kier molecular flexibility index (Phi) is 9.27. The highest BCUT2D eigenvalue weighted by Crippen LogP contribution is 2.21. The Morgan fingerprint density at radius 3 is 1.97 bits per heavy atom. The smallest absolute Gasteiger partial charge is 0.251 e. The highest BCUT2D eigenvalue weighted by atomic mass is 16.5. The number of hydrogen-bond acceptors (Lipinski definition) is 5. The summed E-state index contributed by atoms with van der Waals surface area (Å²) >= 11 is 0. The van der Waals surface area contributed by atoms with Gasteiger partial charge in [-0.25, -0.2) is 0 Å². The molecule has 38 heavy (non-hydrogen) atoms. The normalized spacial score (nSPS) is 11.4. The summed E-state index contributed by atoms with van der Waals surface area (Å²) in [4.78, 5) is 28.3. The maximum atomic E-state index is 13.3. The van der Waals surface area contributed by atoms with Gasteiger partial charge in [-0.1, -0.05) is 60.7 Å². The van der Waals surface area contributed by atoms with Gasteiger partial charge in [-0.15, -0.1) is 0 Å².